The Hall–Kier alpha value is -2.13. The van der Waals surface area contributed by atoms with Crippen LogP contribution >= 0.6 is 22.6 Å². The van der Waals surface area contributed by atoms with Crippen LogP contribution in [-0.4, -0.2) is 25.9 Å². The summed E-state index contributed by atoms with van der Waals surface area (Å²) in [6.45, 7) is 0.143. The maximum atomic E-state index is 10.7. The molecule has 2 rings (SSSR count). The van der Waals surface area contributed by atoms with E-state index in [4.69, 9.17) is 14.2 Å². The van der Waals surface area contributed by atoms with Gasteiger partial charge in [0.25, 0.3) is 5.69 Å². The average Bonchev–Trinajstić information content (AvgIpc) is 2.58. The van der Waals surface area contributed by atoms with Gasteiger partial charge in [0.2, 0.25) is 0 Å². The van der Waals surface area contributed by atoms with E-state index >= 15 is 0 Å². The standard InChI is InChI=1S/C17H16INO5/c1-22-11-24-17-15(18)9-13(10-16(17)23-2)4-3-12-5-7-14(8-6-12)19(20)21/h3-10H,11H2,1-2H3/b4-3+. The second-order valence-corrected chi connectivity index (χ2v) is 5.93. The van der Waals surface area contributed by atoms with Crippen LogP contribution in [0.1, 0.15) is 11.1 Å². The molecule has 126 valence electrons. The number of benzene rings is 2. The van der Waals surface area contributed by atoms with Gasteiger partial charge < -0.3 is 14.2 Å². The highest BCUT2D eigenvalue weighted by Gasteiger charge is 2.10. The number of halogens is 1. The van der Waals surface area contributed by atoms with Crippen molar-refractivity contribution in [1.29, 1.82) is 0 Å². The highest BCUT2D eigenvalue weighted by molar-refractivity contribution is 14.1. The molecule has 0 unspecified atom stereocenters. The summed E-state index contributed by atoms with van der Waals surface area (Å²) in [4.78, 5) is 10.2. The molecule has 0 amide bonds. The lowest BCUT2D eigenvalue weighted by atomic mass is 10.1. The summed E-state index contributed by atoms with van der Waals surface area (Å²) in [6.07, 6.45) is 3.79. The van der Waals surface area contributed by atoms with Gasteiger partial charge in [-0.2, -0.15) is 0 Å². The van der Waals surface area contributed by atoms with Crippen LogP contribution in [0.15, 0.2) is 36.4 Å². The molecule has 0 spiro atoms. The highest BCUT2D eigenvalue weighted by Crippen LogP contribution is 2.34. The fourth-order valence-electron chi connectivity index (χ4n) is 1.99. The topological polar surface area (TPSA) is 70.8 Å². The van der Waals surface area contributed by atoms with E-state index in [9.17, 15) is 10.1 Å². The molecule has 2 aromatic rings. The molecule has 0 aliphatic rings. The summed E-state index contributed by atoms with van der Waals surface area (Å²) < 4.78 is 16.7. The lowest BCUT2D eigenvalue weighted by Crippen LogP contribution is -2.02. The average molecular weight is 441 g/mol. The van der Waals surface area contributed by atoms with Crippen LogP contribution in [0.5, 0.6) is 11.5 Å². The van der Waals surface area contributed by atoms with Gasteiger partial charge in [-0.1, -0.05) is 12.2 Å². The van der Waals surface area contributed by atoms with E-state index in [1.165, 1.54) is 12.1 Å². The second-order valence-electron chi connectivity index (χ2n) is 4.77. The normalized spacial score (nSPS) is 10.8. The molecule has 24 heavy (non-hydrogen) atoms. The molecule has 0 atom stereocenters. The summed E-state index contributed by atoms with van der Waals surface area (Å²) in [6, 6.07) is 10.2. The fourth-order valence-corrected chi connectivity index (χ4v) is 2.77. The Bertz CT molecular complexity index is 743. The van der Waals surface area contributed by atoms with E-state index in [1.54, 1.807) is 26.4 Å². The zero-order valence-electron chi connectivity index (χ0n) is 13.2. The predicted molar refractivity (Wildman–Crippen MR) is 100 cm³/mol. The monoisotopic (exact) mass is 441 g/mol. The van der Waals surface area contributed by atoms with Crippen molar-refractivity contribution in [2.75, 3.05) is 21.0 Å². The van der Waals surface area contributed by atoms with Gasteiger partial charge in [0.15, 0.2) is 18.3 Å². The van der Waals surface area contributed by atoms with Gasteiger partial charge in [-0.05, 0) is 58.0 Å². The zero-order chi connectivity index (χ0) is 17.5. The molecule has 0 aliphatic heterocycles. The van der Waals surface area contributed by atoms with Crippen LogP contribution in [0.25, 0.3) is 12.2 Å². The van der Waals surface area contributed by atoms with Crippen molar-refractivity contribution in [1.82, 2.24) is 0 Å². The maximum Gasteiger partial charge on any atom is 0.269 e. The number of methoxy groups -OCH3 is 2. The number of ether oxygens (including phenoxy) is 3. The molecule has 0 saturated carbocycles. The Morgan fingerprint density at radius 1 is 1.12 bits per heavy atom. The summed E-state index contributed by atoms with van der Waals surface area (Å²) in [7, 11) is 3.13. The van der Waals surface area contributed by atoms with Gasteiger partial charge in [0, 0.05) is 19.2 Å². The molecular weight excluding hydrogens is 425 g/mol. The first kappa shape index (κ1) is 18.2. The third-order valence-corrected chi connectivity index (χ3v) is 3.95. The van der Waals surface area contributed by atoms with Crippen LogP contribution in [0.2, 0.25) is 0 Å². The summed E-state index contributed by atoms with van der Waals surface area (Å²) >= 11 is 2.17. The second kappa shape index (κ2) is 8.65. The molecule has 0 fully saturated rings. The van der Waals surface area contributed by atoms with E-state index in [0.29, 0.717) is 11.5 Å². The van der Waals surface area contributed by atoms with Crippen LogP contribution in [-0.2, 0) is 4.74 Å². The molecule has 7 heteroatoms. The molecule has 0 aliphatic carbocycles. The van der Waals surface area contributed by atoms with Gasteiger partial charge in [0.1, 0.15) is 0 Å². The summed E-state index contributed by atoms with van der Waals surface area (Å²) in [5, 5.41) is 10.7. The molecule has 0 N–H and O–H groups in total. The Morgan fingerprint density at radius 2 is 1.79 bits per heavy atom. The minimum absolute atomic E-state index is 0.0722. The van der Waals surface area contributed by atoms with Gasteiger partial charge in [0.05, 0.1) is 15.6 Å². The number of rotatable bonds is 7. The molecule has 0 aromatic heterocycles. The van der Waals surface area contributed by atoms with Crippen LogP contribution in [0.3, 0.4) is 0 Å². The SMILES string of the molecule is COCOc1c(I)cc(/C=C/c2ccc([N+](=O)[O-])cc2)cc1OC. The van der Waals surface area contributed by atoms with Crippen molar-refractivity contribution in [2.24, 2.45) is 0 Å². The minimum atomic E-state index is -0.417. The summed E-state index contributed by atoms with van der Waals surface area (Å²) in [5.74, 6) is 1.25. The van der Waals surface area contributed by atoms with Crippen molar-refractivity contribution >= 4 is 40.4 Å². The Morgan fingerprint density at radius 3 is 2.38 bits per heavy atom. The molecule has 6 nitrogen and oxygen atoms in total. The van der Waals surface area contributed by atoms with Crippen molar-refractivity contribution in [3.8, 4) is 11.5 Å². The first-order valence-electron chi connectivity index (χ1n) is 6.97. The lowest BCUT2D eigenvalue weighted by molar-refractivity contribution is -0.384. The smallest absolute Gasteiger partial charge is 0.269 e. The van der Waals surface area contributed by atoms with Crippen molar-refractivity contribution < 1.29 is 19.1 Å². The molecule has 0 saturated heterocycles. The van der Waals surface area contributed by atoms with Gasteiger partial charge in [-0.3, -0.25) is 10.1 Å². The van der Waals surface area contributed by atoms with E-state index in [2.05, 4.69) is 22.6 Å². The molecule has 0 radical (unpaired) electrons. The van der Waals surface area contributed by atoms with Gasteiger partial charge >= 0.3 is 0 Å². The first-order chi connectivity index (χ1) is 11.5. The van der Waals surface area contributed by atoms with E-state index in [-0.39, 0.29) is 12.5 Å². The van der Waals surface area contributed by atoms with Crippen molar-refractivity contribution in [2.45, 2.75) is 0 Å². The number of non-ortho nitro benzene ring substituents is 1. The molecule has 2 aromatic carbocycles. The van der Waals surface area contributed by atoms with Crippen LogP contribution in [0.4, 0.5) is 5.69 Å². The Kier molecular flexibility index (Phi) is 6.56. The van der Waals surface area contributed by atoms with Crippen LogP contribution < -0.4 is 9.47 Å². The van der Waals surface area contributed by atoms with E-state index < -0.39 is 4.92 Å². The quantitative estimate of drug-likeness (QED) is 0.210. The molecule has 0 heterocycles. The van der Waals surface area contributed by atoms with Crippen LogP contribution in [0, 0.1) is 13.7 Å². The third kappa shape index (κ3) is 4.68. The number of hydrogen-bond acceptors (Lipinski definition) is 5. The Balaban J connectivity index is 2.22. The number of nitrogens with zero attached hydrogens (tertiary/aromatic N) is 1. The van der Waals surface area contributed by atoms with Crippen molar-refractivity contribution in [3.63, 3.8) is 0 Å². The lowest BCUT2D eigenvalue weighted by Gasteiger charge is -2.12. The maximum absolute atomic E-state index is 10.7. The molecular formula is C17H16INO5. The zero-order valence-corrected chi connectivity index (χ0v) is 15.3. The number of nitro groups is 1. The predicted octanol–water partition coefficient (Wildman–Crippen LogP) is 4.36. The third-order valence-electron chi connectivity index (χ3n) is 3.15. The number of nitro benzene ring substituents is 1. The number of hydrogen-bond donors (Lipinski definition) is 0. The van der Waals surface area contributed by atoms with Crippen molar-refractivity contribution in [3.05, 3.63) is 61.2 Å². The van der Waals surface area contributed by atoms with Gasteiger partial charge in [-0.15, -0.1) is 0 Å². The van der Waals surface area contributed by atoms with E-state index in [1.807, 2.05) is 24.3 Å². The van der Waals surface area contributed by atoms with E-state index in [0.717, 1.165) is 14.7 Å². The molecule has 0 bridgehead atoms. The minimum Gasteiger partial charge on any atom is -0.493 e. The first-order valence-corrected chi connectivity index (χ1v) is 8.05. The highest BCUT2D eigenvalue weighted by atomic mass is 127. The largest absolute Gasteiger partial charge is 0.493 e. The van der Waals surface area contributed by atoms with Gasteiger partial charge in [-0.25, -0.2) is 0 Å². The summed E-state index contributed by atoms with van der Waals surface area (Å²) in [5.41, 5.74) is 1.87. The fraction of sp³-hybridized carbons (Fsp3) is 0.176. The Labute approximate surface area is 153 Å².